The van der Waals surface area contributed by atoms with Gasteiger partial charge in [0.05, 0.1) is 6.20 Å². The number of nitrogens with zero attached hydrogens (tertiary/aromatic N) is 3. The van der Waals surface area contributed by atoms with E-state index in [9.17, 15) is 4.79 Å². The number of aromatic nitrogens is 3. The highest BCUT2D eigenvalue weighted by atomic mass is 16.1. The molecule has 0 fully saturated rings. The lowest BCUT2D eigenvalue weighted by atomic mass is 10.3. The Morgan fingerprint density at radius 1 is 1.11 bits per heavy atom. The van der Waals surface area contributed by atoms with Gasteiger partial charge in [-0.15, -0.1) is 0 Å². The van der Waals surface area contributed by atoms with Gasteiger partial charge in [-0.3, -0.25) is 4.79 Å². The van der Waals surface area contributed by atoms with Crippen molar-refractivity contribution in [1.29, 1.82) is 0 Å². The summed E-state index contributed by atoms with van der Waals surface area (Å²) < 4.78 is 0. The van der Waals surface area contributed by atoms with Crippen molar-refractivity contribution < 1.29 is 0 Å². The summed E-state index contributed by atoms with van der Waals surface area (Å²) in [5.74, 6) is 0.752. The molecule has 0 spiro atoms. The van der Waals surface area contributed by atoms with Crippen LogP contribution in [0.4, 0.5) is 11.5 Å². The number of pyridine rings is 1. The quantitative estimate of drug-likeness (QED) is 0.758. The minimum atomic E-state index is -0.250. The average Bonchev–Trinajstić information content (AvgIpc) is 2.46. The maximum absolute atomic E-state index is 11.3. The van der Waals surface area contributed by atoms with Crippen molar-refractivity contribution in [2.45, 2.75) is 0 Å². The van der Waals surface area contributed by atoms with E-state index >= 15 is 0 Å². The first kappa shape index (κ1) is 11.4. The molecule has 0 saturated heterocycles. The number of anilines is 2. The summed E-state index contributed by atoms with van der Waals surface area (Å²) in [7, 11) is 1.93. The number of benzene rings is 1. The molecular formula is C14H12N4O. The van der Waals surface area contributed by atoms with Gasteiger partial charge in [0.2, 0.25) is 0 Å². The minimum absolute atomic E-state index is 0.250. The van der Waals surface area contributed by atoms with Crippen LogP contribution in [0.5, 0.6) is 0 Å². The SMILES string of the molecule is CN(c1ccccc1)c1ccc2ncc(=O)[nH]c2n1. The van der Waals surface area contributed by atoms with Gasteiger partial charge in [0.1, 0.15) is 11.3 Å². The van der Waals surface area contributed by atoms with Crippen LogP contribution < -0.4 is 10.5 Å². The lowest BCUT2D eigenvalue weighted by Gasteiger charge is -2.18. The third kappa shape index (κ3) is 2.18. The van der Waals surface area contributed by atoms with E-state index in [2.05, 4.69) is 15.0 Å². The fourth-order valence-electron chi connectivity index (χ4n) is 1.89. The summed E-state index contributed by atoms with van der Waals surface area (Å²) in [5, 5.41) is 0. The van der Waals surface area contributed by atoms with Gasteiger partial charge in [0.25, 0.3) is 5.56 Å². The van der Waals surface area contributed by atoms with E-state index in [1.807, 2.05) is 54.4 Å². The van der Waals surface area contributed by atoms with Crippen molar-refractivity contribution in [3.05, 3.63) is 59.0 Å². The lowest BCUT2D eigenvalue weighted by molar-refractivity contribution is 1.11. The molecule has 3 aromatic rings. The zero-order chi connectivity index (χ0) is 13.2. The molecule has 0 aliphatic carbocycles. The zero-order valence-electron chi connectivity index (χ0n) is 10.4. The Morgan fingerprint density at radius 3 is 2.68 bits per heavy atom. The highest BCUT2D eigenvalue weighted by Crippen LogP contribution is 2.21. The molecule has 19 heavy (non-hydrogen) atoms. The molecule has 2 heterocycles. The number of para-hydroxylation sites is 1. The minimum Gasteiger partial charge on any atom is -0.329 e. The summed E-state index contributed by atoms with van der Waals surface area (Å²) in [6.07, 6.45) is 1.25. The highest BCUT2D eigenvalue weighted by Gasteiger charge is 2.06. The van der Waals surface area contributed by atoms with Crippen LogP contribution in [0.25, 0.3) is 11.2 Å². The Kier molecular flexibility index (Phi) is 2.72. The smallest absolute Gasteiger partial charge is 0.268 e. The molecule has 0 bridgehead atoms. The number of H-pyrrole nitrogens is 1. The van der Waals surface area contributed by atoms with Crippen molar-refractivity contribution in [3.8, 4) is 0 Å². The molecule has 5 heteroatoms. The monoisotopic (exact) mass is 252 g/mol. The van der Waals surface area contributed by atoms with Crippen molar-refractivity contribution in [2.75, 3.05) is 11.9 Å². The Labute approximate surface area is 109 Å². The van der Waals surface area contributed by atoms with Crippen LogP contribution in [0.2, 0.25) is 0 Å². The predicted molar refractivity (Wildman–Crippen MR) is 74.7 cm³/mol. The standard InChI is InChI=1S/C14H12N4O/c1-18(10-5-3-2-4-6-10)12-8-7-11-14(16-12)17-13(19)9-15-11/h2-9H,1H3,(H,16,17,19). The predicted octanol–water partition coefficient (Wildman–Crippen LogP) is 2.09. The first-order valence-corrected chi connectivity index (χ1v) is 5.89. The molecule has 0 unspecified atom stereocenters. The molecule has 1 N–H and O–H groups in total. The zero-order valence-corrected chi connectivity index (χ0v) is 10.4. The fourth-order valence-corrected chi connectivity index (χ4v) is 1.89. The summed E-state index contributed by atoms with van der Waals surface area (Å²) >= 11 is 0. The van der Waals surface area contributed by atoms with Gasteiger partial charge >= 0.3 is 0 Å². The second-order valence-corrected chi connectivity index (χ2v) is 4.18. The number of fused-ring (bicyclic) bond motifs is 1. The second-order valence-electron chi connectivity index (χ2n) is 4.18. The summed E-state index contributed by atoms with van der Waals surface area (Å²) in [5.41, 5.74) is 1.94. The first-order valence-electron chi connectivity index (χ1n) is 5.89. The molecule has 0 saturated carbocycles. The van der Waals surface area contributed by atoms with E-state index in [1.54, 1.807) is 0 Å². The normalized spacial score (nSPS) is 10.6. The van der Waals surface area contributed by atoms with Crippen LogP contribution in [0.1, 0.15) is 0 Å². The average molecular weight is 252 g/mol. The van der Waals surface area contributed by atoms with Crippen LogP contribution in [-0.4, -0.2) is 22.0 Å². The van der Waals surface area contributed by atoms with Crippen LogP contribution in [-0.2, 0) is 0 Å². The van der Waals surface area contributed by atoms with Crippen molar-refractivity contribution >= 4 is 22.7 Å². The molecule has 0 aliphatic rings. The summed E-state index contributed by atoms with van der Waals surface area (Å²) in [6, 6.07) is 13.6. The molecule has 5 nitrogen and oxygen atoms in total. The van der Waals surface area contributed by atoms with Crippen molar-refractivity contribution in [3.63, 3.8) is 0 Å². The van der Waals surface area contributed by atoms with Crippen LogP contribution in [0.15, 0.2) is 53.5 Å². The third-order valence-electron chi connectivity index (χ3n) is 2.91. The Balaban J connectivity index is 2.08. The lowest BCUT2D eigenvalue weighted by Crippen LogP contribution is -2.12. The number of hydrogen-bond acceptors (Lipinski definition) is 4. The fraction of sp³-hybridized carbons (Fsp3) is 0.0714. The molecule has 2 aromatic heterocycles. The van der Waals surface area contributed by atoms with Gasteiger partial charge in [-0.25, -0.2) is 9.97 Å². The topological polar surface area (TPSA) is 61.9 Å². The largest absolute Gasteiger partial charge is 0.329 e. The van der Waals surface area contributed by atoms with E-state index in [0.717, 1.165) is 11.5 Å². The summed E-state index contributed by atoms with van der Waals surface area (Å²) in [4.78, 5) is 24.3. The molecule has 0 amide bonds. The van der Waals surface area contributed by atoms with Gasteiger partial charge in [-0.1, -0.05) is 18.2 Å². The van der Waals surface area contributed by atoms with Crippen molar-refractivity contribution in [1.82, 2.24) is 15.0 Å². The van der Waals surface area contributed by atoms with Crippen LogP contribution in [0, 0.1) is 0 Å². The molecule has 1 aromatic carbocycles. The number of rotatable bonds is 2. The molecule has 0 atom stereocenters. The molecular weight excluding hydrogens is 240 g/mol. The van der Waals surface area contributed by atoms with Crippen molar-refractivity contribution in [2.24, 2.45) is 0 Å². The van der Waals surface area contributed by atoms with E-state index in [1.165, 1.54) is 6.20 Å². The number of nitrogens with one attached hydrogen (secondary N) is 1. The Morgan fingerprint density at radius 2 is 1.89 bits per heavy atom. The molecule has 0 radical (unpaired) electrons. The van der Waals surface area contributed by atoms with E-state index in [4.69, 9.17) is 0 Å². The van der Waals surface area contributed by atoms with Gasteiger partial charge in [-0.05, 0) is 24.3 Å². The first-order chi connectivity index (χ1) is 9.24. The van der Waals surface area contributed by atoms with Crippen LogP contribution >= 0.6 is 0 Å². The van der Waals surface area contributed by atoms with E-state index in [-0.39, 0.29) is 5.56 Å². The third-order valence-corrected chi connectivity index (χ3v) is 2.91. The van der Waals surface area contributed by atoms with Gasteiger partial charge < -0.3 is 9.88 Å². The maximum atomic E-state index is 11.3. The van der Waals surface area contributed by atoms with Gasteiger partial charge in [-0.2, -0.15) is 0 Å². The van der Waals surface area contributed by atoms with E-state index in [0.29, 0.717) is 11.2 Å². The number of hydrogen-bond donors (Lipinski definition) is 1. The molecule has 0 aliphatic heterocycles. The Hall–Kier alpha value is -2.69. The summed E-state index contributed by atoms with van der Waals surface area (Å²) in [6.45, 7) is 0. The number of aromatic amines is 1. The Bertz CT molecular complexity index is 767. The molecule has 94 valence electrons. The highest BCUT2D eigenvalue weighted by molar-refractivity contribution is 5.73. The van der Waals surface area contributed by atoms with Crippen LogP contribution in [0.3, 0.4) is 0 Å². The van der Waals surface area contributed by atoms with Gasteiger partial charge in [0.15, 0.2) is 5.65 Å². The van der Waals surface area contributed by atoms with E-state index < -0.39 is 0 Å². The second kappa shape index (κ2) is 4.53. The van der Waals surface area contributed by atoms with Gasteiger partial charge in [0, 0.05) is 12.7 Å². The molecule has 3 rings (SSSR count). The maximum Gasteiger partial charge on any atom is 0.268 e.